The molecule has 2 aliphatic rings. The summed E-state index contributed by atoms with van der Waals surface area (Å²) in [6, 6.07) is 8.40. The molecule has 0 atom stereocenters. The number of allylic oxidation sites excluding steroid dienone is 4. The van der Waals surface area contributed by atoms with Crippen LogP contribution in [0.2, 0.25) is 0 Å². The van der Waals surface area contributed by atoms with Crippen LogP contribution in [0.5, 0.6) is 5.75 Å². The Labute approximate surface area is 96.4 Å². The van der Waals surface area contributed by atoms with E-state index in [-0.39, 0.29) is 5.41 Å². The summed E-state index contributed by atoms with van der Waals surface area (Å²) >= 11 is 0. The van der Waals surface area contributed by atoms with Gasteiger partial charge in [0.05, 0.1) is 6.61 Å². The minimum atomic E-state index is 0.108. The van der Waals surface area contributed by atoms with Crippen LogP contribution in [-0.4, -0.2) is 6.61 Å². The molecule has 0 heterocycles. The summed E-state index contributed by atoms with van der Waals surface area (Å²) in [5.41, 5.74) is 1.42. The largest absolute Gasteiger partial charge is 0.494 e. The molecule has 0 aliphatic heterocycles. The molecule has 0 saturated carbocycles. The number of rotatable bonds is 3. The molecule has 0 unspecified atom stereocenters. The third-order valence-electron chi connectivity index (χ3n) is 3.54. The van der Waals surface area contributed by atoms with E-state index in [1.807, 2.05) is 13.0 Å². The second-order valence-corrected chi connectivity index (χ2v) is 4.56. The Kier molecular flexibility index (Phi) is 2.13. The lowest BCUT2D eigenvalue weighted by Crippen LogP contribution is -2.17. The van der Waals surface area contributed by atoms with Crippen LogP contribution in [0.3, 0.4) is 0 Å². The zero-order valence-corrected chi connectivity index (χ0v) is 9.52. The lowest BCUT2D eigenvalue weighted by Gasteiger charge is -2.24. The van der Waals surface area contributed by atoms with Gasteiger partial charge in [-0.1, -0.05) is 42.5 Å². The summed E-state index contributed by atoms with van der Waals surface area (Å²) in [5, 5.41) is 0. The van der Waals surface area contributed by atoms with E-state index >= 15 is 0 Å². The maximum absolute atomic E-state index is 5.73. The monoisotopic (exact) mass is 212 g/mol. The molecule has 3 rings (SSSR count). The van der Waals surface area contributed by atoms with Crippen LogP contribution in [-0.2, 0) is 5.41 Å². The topological polar surface area (TPSA) is 9.23 Å². The Balaban J connectivity index is 2.06. The van der Waals surface area contributed by atoms with Gasteiger partial charge in [-0.25, -0.2) is 0 Å². The van der Waals surface area contributed by atoms with Gasteiger partial charge in [-0.2, -0.15) is 0 Å². The Morgan fingerprint density at radius 2 is 2.00 bits per heavy atom. The molecular formula is C15H16O. The van der Waals surface area contributed by atoms with Gasteiger partial charge in [0.25, 0.3) is 0 Å². The molecule has 0 saturated heterocycles. The standard InChI is InChI=1S/C15H16O/c1-2-16-14-6-4-3-5-13(14)15-9-7-12(11-15)8-10-15/h3-10,12H,2,11H2,1H3. The summed E-state index contributed by atoms with van der Waals surface area (Å²) in [6.45, 7) is 2.76. The number of benzene rings is 1. The van der Waals surface area contributed by atoms with Crippen molar-refractivity contribution >= 4 is 0 Å². The molecule has 0 spiro atoms. The molecule has 1 nitrogen and oxygen atoms in total. The summed E-state index contributed by atoms with van der Waals surface area (Å²) in [6.07, 6.45) is 10.5. The number of fused-ring (bicyclic) bond motifs is 2. The highest BCUT2D eigenvalue weighted by Crippen LogP contribution is 2.48. The maximum atomic E-state index is 5.73. The van der Waals surface area contributed by atoms with Crippen LogP contribution in [0, 0.1) is 5.92 Å². The average molecular weight is 212 g/mol. The molecule has 0 N–H and O–H groups in total. The van der Waals surface area contributed by atoms with Gasteiger partial charge in [0.2, 0.25) is 0 Å². The molecule has 0 amide bonds. The fraction of sp³-hybridized carbons (Fsp3) is 0.333. The number of hydrogen-bond acceptors (Lipinski definition) is 1. The Hall–Kier alpha value is -1.50. The SMILES string of the molecule is CCOc1ccccc1C12C=CC(C=C1)C2. The van der Waals surface area contributed by atoms with Crippen LogP contribution in [0.1, 0.15) is 18.9 Å². The Morgan fingerprint density at radius 3 is 2.62 bits per heavy atom. The predicted octanol–water partition coefficient (Wildman–Crippen LogP) is 3.47. The summed E-state index contributed by atoms with van der Waals surface area (Å²) in [4.78, 5) is 0. The van der Waals surface area contributed by atoms with Crippen LogP contribution < -0.4 is 4.74 Å². The minimum absolute atomic E-state index is 0.108. The lowest BCUT2D eigenvalue weighted by atomic mass is 9.81. The first-order valence-corrected chi connectivity index (χ1v) is 5.95. The van der Waals surface area contributed by atoms with E-state index < -0.39 is 0 Å². The normalized spacial score (nSPS) is 29.9. The summed E-state index contributed by atoms with van der Waals surface area (Å²) in [5.74, 6) is 1.66. The van der Waals surface area contributed by atoms with E-state index in [1.54, 1.807) is 0 Å². The number of hydrogen-bond donors (Lipinski definition) is 0. The quantitative estimate of drug-likeness (QED) is 0.697. The first kappa shape index (κ1) is 9.71. The van der Waals surface area contributed by atoms with Gasteiger partial charge >= 0.3 is 0 Å². The van der Waals surface area contributed by atoms with Crippen LogP contribution in [0.15, 0.2) is 48.6 Å². The van der Waals surface area contributed by atoms with Crippen molar-refractivity contribution in [3.8, 4) is 5.75 Å². The number of para-hydroxylation sites is 1. The van der Waals surface area contributed by atoms with E-state index in [0.29, 0.717) is 5.92 Å². The van der Waals surface area contributed by atoms with Crippen LogP contribution >= 0.6 is 0 Å². The van der Waals surface area contributed by atoms with Crippen molar-refractivity contribution in [2.24, 2.45) is 5.92 Å². The molecule has 0 fully saturated rings. The highest BCUT2D eigenvalue weighted by Gasteiger charge is 2.39. The number of ether oxygens (including phenoxy) is 1. The van der Waals surface area contributed by atoms with E-state index in [1.165, 1.54) is 12.0 Å². The molecule has 16 heavy (non-hydrogen) atoms. The van der Waals surface area contributed by atoms with Crippen molar-refractivity contribution in [1.82, 2.24) is 0 Å². The molecular weight excluding hydrogens is 196 g/mol. The van der Waals surface area contributed by atoms with Crippen molar-refractivity contribution in [3.63, 3.8) is 0 Å². The molecule has 2 aliphatic carbocycles. The maximum Gasteiger partial charge on any atom is 0.123 e. The summed E-state index contributed by atoms with van der Waals surface area (Å²) < 4.78 is 5.73. The average Bonchev–Trinajstić information content (AvgIpc) is 2.91. The van der Waals surface area contributed by atoms with Gasteiger partial charge in [-0.15, -0.1) is 0 Å². The third kappa shape index (κ3) is 1.31. The van der Waals surface area contributed by atoms with E-state index in [9.17, 15) is 0 Å². The first-order chi connectivity index (χ1) is 7.84. The molecule has 0 radical (unpaired) electrons. The third-order valence-corrected chi connectivity index (χ3v) is 3.54. The van der Waals surface area contributed by atoms with Crippen molar-refractivity contribution in [3.05, 3.63) is 54.1 Å². The predicted molar refractivity (Wildman–Crippen MR) is 65.7 cm³/mol. The molecule has 82 valence electrons. The van der Waals surface area contributed by atoms with Crippen molar-refractivity contribution in [2.45, 2.75) is 18.8 Å². The van der Waals surface area contributed by atoms with Gasteiger partial charge in [0.15, 0.2) is 0 Å². The highest BCUT2D eigenvalue weighted by atomic mass is 16.5. The van der Waals surface area contributed by atoms with Crippen LogP contribution in [0.25, 0.3) is 0 Å². The van der Waals surface area contributed by atoms with Crippen molar-refractivity contribution in [1.29, 1.82) is 0 Å². The second-order valence-electron chi connectivity index (χ2n) is 4.56. The smallest absolute Gasteiger partial charge is 0.123 e. The Bertz CT molecular complexity index is 442. The fourth-order valence-electron chi connectivity index (χ4n) is 2.79. The van der Waals surface area contributed by atoms with Gasteiger partial charge in [-0.05, 0) is 25.3 Å². The van der Waals surface area contributed by atoms with E-state index in [4.69, 9.17) is 4.74 Å². The van der Waals surface area contributed by atoms with E-state index in [0.717, 1.165) is 12.4 Å². The highest BCUT2D eigenvalue weighted by molar-refractivity contribution is 5.51. The van der Waals surface area contributed by atoms with Gasteiger partial charge in [0, 0.05) is 11.0 Å². The van der Waals surface area contributed by atoms with Crippen molar-refractivity contribution in [2.75, 3.05) is 6.61 Å². The zero-order chi connectivity index (χ0) is 11.0. The lowest BCUT2D eigenvalue weighted by molar-refractivity contribution is 0.332. The fourth-order valence-corrected chi connectivity index (χ4v) is 2.79. The Morgan fingerprint density at radius 1 is 1.25 bits per heavy atom. The van der Waals surface area contributed by atoms with Crippen molar-refractivity contribution < 1.29 is 4.74 Å². The molecule has 1 heteroatoms. The molecule has 1 aromatic rings. The van der Waals surface area contributed by atoms with E-state index in [2.05, 4.69) is 42.5 Å². The molecule has 1 aromatic carbocycles. The molecule has 0 aromatic heterocycles. The summed E-state index contributed by atoms with van der Waals surface area (Å²) in [7, 11) is 0. The minimum Gasteiger partial charge on any atom is -0.494 e. The second kappa shape index (κ2) is 3.51. The first-order valence-electron chi connectivity index (χ1n) is 5.95. The van der Waals surface area contributed by atoms with Gasteiger partial charge in [0.1, 0.15) is 5.75 Å². The van der Waals surface area contributed by atoms with Crippen LogP contribution in [0.4, 0.5) is 0 Å². The van der Waals surface area contributed by atoms with Gasteiger partial charge in [-0.3, -0.25) is 0 Å². The molecule has 2 bridgehead atoms. The van der Waals surface area contributed by atoms with Gasteiger partial charge < -0.3 is 4.74 Å². The zero-order valence-electron chi connectivity index (χ0n) is 9.52.